The summed E-state index contributed by atoms with van der Waals surface area (Å²) in [5, 5.41) is 4.26. The maximum absolute atomic E-state index is 12.8. The summed E-state index contributed by atoms with van der Waals surface area (Å²) in [6, 6.07) is 3.87. The molecule has 2 aromatic heterocycles. The van der Waals surface area contributed by atoms with Gasteiger partial charge in [-0.2, -0.15) is 4.99 Å². The van der Waals surface area contributed by atoms with Gasteiger partial charge in [-0.05, 0) is 18.6 Å². The highest BCUT2D eigenvalue weighted by Crippen LogP contribution is 2.37. The van der Waals surface area contributed by atoms with E-state index >= 15 is 0 Å². The summed E-state index contributed by atoms with van der Waals surface area (Å²) in [4.78, 5) is 32.3. The van der Waals surface area contributed by atoms with E-state index in [1.807, 2.05) is 39.3 Å². The molecule has 1 saturated heterocycles. The van der Waals surface area contributed by atoms with Crippen LogP contribution in [0, 0.1) is 3.83 Å². The summed E-state index contributed by atoms with van der Waals surface area (Å²) in [7, 11) is 1.59. The first-order valence-corrected chi connectivity index (χ1v) is 12.6. The van der Waals surface area contributed by atoms with Crippen LogP contribution in [0.5, 0.6) is 11.5 Å². The Bertz CT molecular complexity index is 1290. The topological polar surface area (TPSA) is 116 Å². The molecular weight excluding hydrogens is 565 g/mol. The average Bonchev–Trinajstić information content (AvgIpc) is 3.38. The second-order valence-corrected chi connectivity index (χ2v) is 9.11. The van der Waals surface area contributed by atoms with Crippen LogP contribution in [0.25, 0.3) is 10.9 Å². The molecule has 1 aromatic carbocycles. The molecule has 11 nitrogen and oxygen atoms in total. The SMILES string of the molecule is COc1c(OCCCN2CCOCC2)ccc2c3n(c(=NC(=O)c4cnc(I)nc4)nc12)CCN3. The number of halogens is 1. The third kappa shape index (κ3) is 5.23. The number of fused-ring (bicyclic) bond motifs is 3. The number of rotatable bonds is 7. The van der Waals surface area contributed by atoms with Crippen molar-refractivity contribution in [2.45, 2.75) is 13.0 Å². The first-order valence-electron chi connectivity index (χ1n) is 11.5. The zero-order valence-electron chi connectivity index (χ0n) is 19.4. The van der Waals surface area contributed by atoms with Gasteiger partial charge in [-0.25, -0.2) is 15.0 Å². The van der Waals surface area contributed by atoms with Crippen LogP contribution in [-0.2, 0) is 11.3 Å². The highest BCUT2D eigenvalue weighted by atomic mass is 127. The van der Waals surface area contributed by atoms with Gasteiger partial charge in [0.05, 0.1) is 32.5 Å². The van der Waals surface area contributed by atoms with E-state index in [0.29, 0.717) is 51.7 Å². The first kappa shape index (κ1) is 23.9. The van der Waals surface area contributed by atoms with Gasteiger partial charge in [0.15, 0.2) is 15.3 Å². The smallest absolute Gasteiger partial charge is 0.283 e. The quantitative estimate of drug-likeness (QED) is 0.249. The van der Waals surface area contributed by atoms with Crippen LogP contribution in [0.2, 0.25) is 0 Å². The fraction of sp³-hybridized carbons (Fsp3) is 0.435. The van der Waals surface area contributed by atoms with Gasteiger partial charge in [0.1, 0.15) is 11.3 Å². The number of amides is 1. The van der Waals surface area contributed by atoms with Crippen molar-refractivity contribution in [3.05, 3.63) is 39.5 Å². The van der Waals surface area contributed by atoms with Gasteiger partial charge in [0.25, 0.3) is 5.91 Å². The summed E-state index contributed by atoms with van der Waals surface area (Å²) >= 11 is 1.99. The lowest BCUT2D eigenvalue weighted by atomic mass is 10.2. The number of hydrogen-bond acceptors (Lipinski definition) is 9. The molecule has 0 saturated carbocycles. The van der Waals surface area contributed by atoms with Crippen molar-refractivity contribution in [2.24, 2.45) is 4.99 Å². The van der Waals surface area contributed by atoms with E-state index < -0.39 is 5.91 Å². The van der Waals surface area contributed by atoms with Crippen molar-refractivity contribution in [1.29, 1.82) is 0 Å². The molecule has 0 radical (unpaired) electrons. The lowest BCUT2D eigenvalue weighted by Gasteiger charge is -2.26. The zero-order valence-corrected chi connectivity index (χ0v) is 21.5. The van der Waals surface area contributed by atoms with Crippen molar-refractivity contribution in [3.63, 3.8) is 0 Å². The summed E-state index contributed by atoms with van der Waals surface area (Å²) in [6.45, 7) is 6.36. The molecule has 12 heteroatoms. The number of nitrogens with zero attached hydrogens (tertiary/aromatic N) is 6. The lowest BCUT2D eigenvalue weighted by molar-refractivity contribution is 0.0357. The largest absolute Gasteiger partial charge is 0.491 e. The van der Waals surface area contributed by atoms with Gasteiger partial charge < -0.3 is 19.5 Å². The van der Waals surface area contributed by atoms with E-state index in [1.165, 1.54) is 12.4 Å². The Balaban J connectivity index is 1.44. The minimum absolute atomic E-state index is 0.295. The van der Waals surface area contributed by atoms with Crippen LogP contribution in [-0.4, -0.2) is 83.4 Å². The average molecular weight is 591 g/mol. The highest BCUT2D eigenvalue weighted by Gasteiger charge is 2.21. The molecule has 2 aliphatic rings. The molecular formula is C23H26IN7O4. The number of carbonyl (C=O) groups is 1. The van der Waals surface area contributed by atoms with E-state index in [-0.39, 0.29) is 0 Å². The molecule has 3 aromatic rings. The number of ether oxygens (including phenoxy) is 3. The lowest BCUT2D eigenvalue weighted by Crippen LogP contribution is -2.37. The third-order valence-corrected chi connectivity index (χ3v) is 6.51. The third-order valence-electron chi connectivity index (χ3n) is 5.95. The number of methoxy groups -OCH3 is 1. The fourth-order valence-corrected chi connectivity index (χ4v) is 4.50. The van der Waals surface area contributed by atoms with Gasteiger partial charge in [-0.3, -0.25) is 14.3 Å². The maximum Gasteiger partial charge on any atom is 0.283 e. The molecule has 0 bridgehead atoms. The van der Waals surface area contributed by atoms with Crippen LogP contribution < -0.4 is 20.4 Å². The number of benzene rings is 1. The van der Waals surface area contributed by atoms with Crippen molar-refractivity contribution >= 4 is 45.2 Å². The Labute approximate surface area is 215 Å². The van der Waals surface area contributed by atoms with Gasteiger partial charge in [0, 0.05) is 73.1 Å². The zero-order chi connectivity index (χ0) is 24.2. The molecule has 2 aliphatic heterocycles. The van der Waals surface area contributed by atoms with Crippen LogP contribution in [0.3, 0.4) is 0 Å². The summed E-state index contributed by atoms with van der Waals surface area (Å²) in [6.07, 6.45) is 3.83. The number of anilines is 1. The van der Waals surface area contributed by atoms with E-state index in [4.69, 9.17) is 19.2 Å². The molecule has 1 fully saturated rings. The van der Waals surface area contributed by atoms with Crippen molar-refractivity contribution < 1.29 is 19.0 Å². The number of morpholine rings is 1. The standard InChI is InChI=1S/C23H26IN7O4/c1-33-19-17(35-10-2-6-30-8-11-34-12-9-30)4-3-16-18(19)28-23(31-7-5-25-20(16)31)29-21(32)15-13-26-22(24)27-14-15/h3-4,13-14,25H,2,5-12H2,1H3. The number of nitrogens with one attached hydrogen (secondary N) is 1. The fourth-order valence-electron chi connectivity index (χ4n) is 4.22. The van der Waals surface area contributed by atoms with Gasteiger partial charge >= 0.3 is 0 Å². The Morgan fingerprint density at radius 2 is 2.03 bits per heavy atom. The molecule has 1 N–H and O–H groups in total. The molecule has 5 rings (SSSR count). The minimum atomic E-state index is -0.454. The number of aromatic nitrogens is 4. The Hall–Kier alpha value is -2.84. The van der Waals surface area contributed by atoms with Gasteiger partial charge in [0.2, 0.25) is 5.62 Å². The second kappa shape index (κ2) is 10.8. The van der Waals surface area contributed by atoms with Crippen LogP contribution in [0.1, 0.15) is 16.8 Å². The monoisotopic (exact) mass is 591 g/mol. The van der Waals surface area contributed by atoms with Crippen molar-refractivity contribution in [2.75, 3.05) is 58.4 Å². The molecule has 0 aliphatic carbocycles. The van der Waals surface area contributed by atoms with E-state index in [9.17, 15) is 4.79 Å². The maximum atomic E-state index is 12.8. The van der Waals surface area contributed by atoms with Gasteiger partial charge in [-0.1, -0.05) is 0 Å². The van der Waals surface area contributed by atoms with E-state index in [0.717, 1.165) is 50.5 Å². The normalized spacial score (nSPS) is 16.2. The van der Waals surface area contributed by atoms with Crippen LogP contribution in [0.4, 0.5) is 5.82 Å². The van der Waals surface area contributed by atoms with Crippen LogP contribution in [0.15, 0.2) is 29.5 Å². The Morgan fingerprint density at radius 1 is 1.23 bits per heavy atom. The van der Waals surface area contributed by atoms with Gasteiger partial charge in [-0.15, -0.1) is 0 Å². The van der Waals surface area contributed by atoms with E-state index in [1.54, 1.807) is 7.11 Å². The van der Waals surface area contributed by atoms with Crippen LogP contribution >= 0.6 is 22.6 Å². The number of hydrogen-bond donors (Lipinski definition) is 1. The van der Waals surface area contributed by atoms with Crippen molar-refractivity contribution in [3.8, 4) is 11.5 Å². The predicted molar refractivity (Wildman–Crippen MR) is 137 cm³/mol. The molecule has 0 spiro atoms. The van der Waals surface area contributed by atoms with E-state index in [2.05, 4.69) is 25.2 Å². The molecule has 0 unspecified atom stereocenters. The molecule has 4 heterocycles. The minimum Gasteiger partial charge on any atom is -0.491 e. The number of carbonyl (C=O) groups excluding carboxylic acids is 1. The summed E-state index contributed by atoms with van der Waals surface area (Å²) < 4.78 is 19.7. The predicted octanol–water partition coefficient (Wildman–Crippen LogP) is 1.71. The highest BCUT2D eigenvalue weighted by molar-refractivity contribution is 14.1. The molecule has 0 atom stereocenters. The molecule has 184 valence electrons. The molecule has 1 amide bonds. The second-order valence-electron chi connectivity index (χ2n) is 8.15. The first-order chi connectivity index (χ1) is 17.1. The summed E-state index contributed by atoms with van der Waals surface area (Å²) in [5.41, 5.74) is 1.19. The Morgan fingerprint density at radius 3 is 2.80 bits per heavy atom. The molecule has 35 heavy (non-hydrogen) atoms. The van der Waals surface area contributed by atoms with Crippen molar-refractivity contribution in [1.82, 2.24) is 24.4 Å². The summed E-state index contributed by atoms with van der Waals surface area (Å²) in [5.74, 6) is 1.52. The Kier molecular flexibility index (Phi) is 7.39.